The van der Waals surface area contributed by atoms with Crippen molar-refractivity contribution in [3.8, 4) is 0 Å². The Bertz CT molecular complexity index is 286. The topological polar surface area (TPSA) is 32.3 Å². The first-order chi connectivity index (χ1) is 6.11. The molecule has 2 nitrogen and oxygen atoms in total. The lowest BCUT2D eigenvalue weighted by Gasteiger charge is -2.11. The average molecular weight is 244 g/mol. The summed E-state index contributed by atoms with van der Waals surface area (Å²) in [6, 6.07) is 6.02. The molecule has 1 unspecified atom stereocenters. The fourth-order valence-corrected chi connectivity index (χ4v) is 1.45. The zero-order valence-electron chi connectivity index (χ0n) is 7.84. The predicted octanol–water partition coefficient (Wildman–Crippen LogP) is 2.55. The summed E-state index contributed by atoms with van der Waals surface area (Å²) in [7, 11) is 0. The number of hydrogen-bond donors (Lipinski definition) is 2. The standard InChI is InChI=1S/C10H14BrNO/c1-7-4-3-5-9(10(7)11)12-6-8(2)13/h3-5,8,12-13H,6H2,1-2H3. The zero-order chi connectivity index (χ0) is 9.84. The molecule has 72 valence electrons. The van der Waals surface area contributed by atoms with E-state index in [0.717, 1.165) is 10.2 Å². The monoisotopic (exact) mass is 243 g/mol. The molecule has 1 rings (SSSR count). The number of anilines is 1. The Kier molecular flexibility index (Phi) is 3.75. The molecule has 0 radical (unpaired) electrons. The number of rotatable bonds is 3. The Labute approximate surface area is 87.1 Å². The van der Waals surface area contributed by atoms with Gasteiger partial charge in [0.2, 0.25) is 0 Å². The predicted molar refractivity (Wildman–Crippen MR) is 59.0 cm³/mol. The first-order valence-corrected chi connectivity index (χ1v) is 5.07. The molecule has 2 N–H and O–H groups in total. The highest BCUT2D eigenvalue weighted by Gasteiger charge is 2.02. The van der Waals surface area contributed by atoms with Crippen LogP contribution in [0.1, 0.15) is 12.5 Å². The molecule has 0 amide bonds. The van der Waals surface area contributed by atoms with Crippen molar-refractivity contribution in [2.24, 2.45) is 0 Å². The first kappa shape index (κ1) is 10.5. The second-order valence-electron chi connectivity index (χ2n) is 3.17. The van der Waals surface area contributed by atoms with E-state index in [1.807, 2.05) is 25.1 Å². The molecule has 1 aromatic rings. The van der Waals surface area contributed by atoms with E-state index >= 15 is 0 Å². The molecular weight excluding hydrogens is 230 g/mol. The summed E-state index contributed by atoms with van der Waals surface area (Å²) in [5.41, 5.74) is 2.22. The van der Waals surface area contributed by atoms with Crippen molar-refractivity contribution >= 4 is 21.6 Å². The van der Waals surface area contributed by atoms with E-state index in [1.54, 1.807) is 6.92 Å². The van der Waals surface area contributed by atoms with Gasteiger partial charge in [-0.1, -0.05) is 12.1 Å². The van der Waals surface area contributed by atoms with E-state index < -0.39 is 0 Å². The van der Waals surface area contributed by atoms with Crippen LogP contribution in [-0.4, -0.2) is 17.8 Å². The Balaban J connectivity index is 2.71. The molecule has 3 heteroatoms. The smallest absolute Gasteiger partial charge is 0.0684 e. The summed E-state index contributed by atoms with van der Waals surface area (Å²) in [6.07, 6.45) is -0.326. The Morgan fingerprint density at radius 3 is 2.85 bits per heavy atom. The van der Waals surface area contributed by atoms with Crippen molar-refractivity contribution < 1.29 is 5.11 Å². The molecule has 0 aliphatic heterocycles. The lowest BCUT2D eigenvalue weighted by molar-refractivity contribution is 0.208. The van der Waals surface area contributed by atoms with Gasteiger partial charge in [0.05, 0.1) is 6.10 Å². The van der Waals surface area contributed by atoms with Gasteiger partial charge in [-0.25, -0.2) is 0 Å². The first-order valence-electron chi connectivity index (χ1n) is 4.28. The van der Waals surface area contributed by atoms with Gasteiger partial charge in [-0.3, -0.25) is 0 Å². The molecule has 0 aliphatic carbocycles. The van der Waals surface area contributed by atoms with Gasteiger partial charge in [-0.05, 0) is 41.4 Å². The summed E-state index contributed by atoms with van der Waals surface area (Å²) in [6.45, 7) is 4.37. The fraction of sp³-hybridized carbons (Fsp3) is 0.400. The van der Waals surface area contributed by atoms with E-state index in [0.29, 0.717) is 6.54 Å². The maximum Gasteiger partial charge on any atom is 0.0684 e. The van der Waals surface area contributed by atoms with Gasteiger partial charge in [-0.15, -0.1) is 0 Å². The summed E-state index contributed by atoms with van der Waals surface area (Å²) >= 11 is 3.49. The fourth-order valence-electron chi connectivity index (χ4n) is 1.04. The summed E-state index contributed by atoms with van der Waals surface area (Å²) in [5, 5.41) is 12.3. The highest BCUT2D eigenvalue weighted by atomic mass is 79.9. The van der Waals surface area contributed by atoms with Gasteiger partial charge in [0.1, 0.15) is 0 Å². The second kappa shape index (κ2) is 4.63. The van der Waals surface area contributed by atoms with Crippen molar-refractivity contribution in [1.29, 1.82) is 0 Å². The van der Waals surface area contributed by atoms with Gasteiger partial charge in [-0.2, -0.15) is 0 Å². The third-order valence-electron chi connectivity index (χ3n) is 1.78. The van der Waals surface area contributed by atoms with Crippen LogP contribution in [0.15, 0.2) is 22.7 Å². The van der Waals surface area contributed by atoms with E-state index in [9.17, 15) is 0 Å². The van der Waals surface area contributed by atoms with Crippen molar-refractivity contribution in [2.45, 2.75) is 20.0 Å². The molecule has 0 fully saturated rings. The Morgan fingerprint density at radius 1 is 1.54 bits per heavy atom. The second-order valence-corrected chi connectivity index (χ2v) is 3.96. The van der Waals surface area contributed by atoms with Crippen LogP contribution >= 0.6 is 15.9 Å². The van der Waals surface area contributed by atoms with Crippen LogP contribution in [0.3, 0.4) is 0 Å². The van der Waals surface area contributed by atoms with Crippen LogP contribution in [0.2, 0.25) is 0 Å². The van der Waals surface area contributed by atoms with Gasteiger partial charge in [0, 0.05) is 16.7 Å². The van der Waals surface area contributed by atoms with Crippen LogP contribution in [0, 0.1) is 6.92 Å². The number of halogens is 1. The number of aliphatic hydroxyl groups excluding tert-OH is 1. The zero-order valence-corrected chi connectivity index (χ0v) is 9.43. The van der Waals surface area contributed by atoms with Crippen LogP contribution in [0.25, 0.3) is 0 Å². The normalized spacial score (nSPS) is 12.6. The lowest BCUT2D eigenvalue weighted by Crippen LogP contribution is -2.15. The summed E-state index contributed by atoms with van der Waals surface area (Å²) < 4.78 is 1.07. The van der Waals surface area contributed by atoms with Gasteiger partial charge in [0.25, 0.3) is 0 Å². The molecule has 1 aromatic carbocycles. The minimum Gasteiger partial charge on any atom is -0.392 e. The number of aryl methyl sites for hydroxylation is 1. The molecule has 0 saturated heterocycles. The maximum atomic E-state index is 9.10. The quantitative estimate of drug-likeness (QED) is 0.856. The van der Waals surface area contributed by atoms with Gasteiger partial charge in [0.15, 0.2) is 0 Å². The summed E-state index contributed by atoms with van der Waals surface area (Å²) in [4.78, 5) is 0. The number of hydrogen-bond acceptors (Lipinski definition) is 2. The third-order valence-corrected chi connectivity index (χ3v) is 2.83. The van der Waals surface area contributed by atoms with Crippen molar-refractivity contribution in [1.82, 2.24) is 0 Å². The van der Waals surface area contributed by atoms with Crippen LogP contribution in [-0.2, 0) is 0 Å². The minimum absolute atomic E-state index is 0.326. The Hall–Kier alpha value is -0.540. The van der Waals surface area contributed by atoms with Gasteiger partial charge < -0.3 is 10.4 Å². The third kappa shape index (κ3) is 3.01. The van der Waals surface area contributed by atoms with E-state index in [1.165, 1.54) is 5.56 Å². The molecule has 0 spiro atoms. The summed E-state index contributed by atoms with van der Waals surface area (Å²) in [5.74, 6) is 0. The van der Waals surface area contributed by atoms with Crippen molar-refractivity contribution in [2.75, 3.05) is 11.9 Å². The largest absolute Gasteiger partial charge is 0.392 e. The number of nitrogens with one attached hydrogen (secondary N) is 1. The molecule has 13 heavy (non-hydrogen) atoms. The van der Waals surface area contributed by atoms with Crippen molar-refractivity contribution in [3.05, 3.63) is 28.2 Å². The number of benzene rings is 1. The van der Waals surface area contributed by atoms with Gasteiger partial charge >= 0.3 is 0 Å². The lowest BCUT2D eigenvalue weighted by atomic mass is 10.2. The Morgan fingerprint density at radius 2 is 2.23 bits per heavy atom. The van der Waals surface area contributed by atoms with E-state index in [2.05, 4.69) is 21.2 Å². The highest BCUT2D eigenvalue weighted by Crippen LogP contribution is 2.25. The highest BCUT2D eigenvalue weighted by molar-refractivity contribution is 9.10. The average Bonchev–Trinajstić information content (AvgIpc) is 2.07. The molecule has 1 atom stereocenters. The number of aliphatic hydroxyl groups is 1. The van der Waals surface area contributed by atoms with Crippen molar-refractivity contribution in [3.63, 3.8) is 0 Å². The minimum atomic E-state index is -0.326. The maximum absolute atomic E-state index is 9.10. The SMILES string of the molecule is Cc1cccc(NCC(C)O)c1Br. The molecule has 0 bridgehead atoms. The van der Waals surface area contributed by atoms with Crippen LogP contribution in [0.5, 0.6) is 0 Å². The van der Waals surface area contributed by atoms with E-state index in [-0.39, 0.29) is 6.10 Å². The molecular formula is C10H14BrNO. The van der Waals surface area contributed by atoms with Crippen LogP contribution in [0.4, 0.5) is 5.69 Å². The van der Waals surface area contributed by atoms with E-state index in [4.69, 9.17) is 5.11 Å². The molecule has 0 aromatic heterocycles. The van der Waals surface area contributed by atoms with Crippen LogP contribution < -0.4 is 5.32 Å². The molecule has 0 saturated carbocycles. The molecule has 0 aliphatic rings. The molecule has 0 heterocycles.